The van der Waals surface area contributed by atoms with Crippen LogP contribution in [0.25, 0.3) is 0 Å². The molecule has 1 aromatic rings. The zero-order chi connectivity index (χ0) is 13.5. The quantitative estimate of drug-likeness (QED) is 0.701. The summed E-state index contributed by atoms with van der Waals surface area (Å²) in [6.07, 6.45) is 4.19. The van der Waals surface area contributed by atoms with E-state index in [1.165, 1.54) is 0 Å². The number of anilines is 1. The largest absolute Gasteiger partial charge is 0.408 e. The summed E-state index contributed by atoms with van der Waals surface area (Å²) in [5.74, 6) is 0.732. The predicted molar refractivity (Wildman–Crippen MR) is 71.4 cm³/mol. The van der Waals surface area contributed by atoms with Gasteiger partial charge in [0, 0.05) is 26.6 Å². The molecule has 19 heavy (non-hydrogen) atoms. The number of rotatable bonds is 7. The average Bonchev–Trinajstić information content (AvgIpc) is 2.89. The van der Waals surface area contributed by atoms with Crippen molar-refractivity contribution >= 4 is 6.01 Å². The number of piperidine rings is 1. The summed E-state index contributed by atoms with van der Waals surface area (Å²) >= 11 is 0. The van der Waals surface area contributed by atoms with Crippen LogP contribution in [-0.2, 0) is 15.9 Å². The molecule has 1 fully saturated rings. The second-order valence-corrected chi connectivity index (χ2v) is 4.78. The molecule has 1 aliphatic heterocycles. The number of ether oxygens (including phenoxy) is 2. The second kappa shape index (κ2) is 7.45. The van der Waals surface area contributed by atoms with Crippen molar-refractivity contribution in [1.29, 1.82) is 0 Å². The standard InChI is InChI=1S/C13H23N3O3/c1-3-4-12-14-15-13(19-12)16-7-5-11(6-8-16)18-10-9-17-2/h11H,3-10H2,1-2H3. The van der Waals surface area contributed by atoms with Crippen molar-refractivity contribution in [3.05, 3.63) is 5.89 Å². The zero-order valence-corrected chi connectivity index (χ0v) is 11.8. The molecular formula is C13H23N3O3. The molecule has 0 spiro atoms. The van der Waals surface area contributed by atoms with E-state index >= 15 is 0 Å². The highest BCUT2D eigenvalue weighted by Gasteiger charge is 2.23. The number of aryl methyl sites for hydroxylation is 1. The first kappa shape index (κ1) is 14.3. The number of aromatic nitrogens is 2. The summed E-state index contributed by atoms with van der Waals surface area (Å²) in [5.41, 5.74) is 0. The first-order chi connectivity index (χ1) is 9.33. The van der Waals surface area contributed by atoms with E-state index in [2.05, 4.69) is 22.0 Å². The topological polar surface area (TPSA) is 60.6 Å². The van der Waals surface area contributed by atoms with Crippen molar-refractivity contribution in [1.82, 2.24) is 10.2 Å². The van der Waals surface area contributed by atoms with Crippen LogP contribution in [0.1, 0.15) is 32.1 Å². The molecule has 0 unspecified atom stereocenters. The lowest BCUT2D eigenvalue weighted by atomic mass is 10.1. The van der Waals surface area contributed by atoms with E-state index in [-0.39, 0.29) is 0 Å². The molecule has 0 radical (unpaired) electrons. The van der Waals surface area contributed by atoms with E-state index in [4.69, 9.17) is 13.9 Å². The Morgan fingerprint density at radius 1 is 1.26 bits per heavy atom. The summed E-state index contributed by atoms with van der Waals surface area (Å²) in [6.45, 7) is 5.25. The first-order valence-electron chi connectivity index (χ1n) is 7.01. The Morgan fingerprint density at radius 2 is 2.05 bits per heavy atom. The van der Waals surface area contributed by atoms with Gasteiger partial charge >= 0.3 is 6.01 Å². The molecule has 0 amide bonds. The number of methoxy groups -OCH3 is 1. The fourth-order valence-electron chi connectivity index (χ4n) is 2.20. The Labute approximate surface area is 114 Å². The average molecular weight is 269 g/mol. The van der Waals surface area contributed by atoms with Crippen molar-refractivity contribution in [2.75, 3.05) is 38.3 Å². The minimum atomic E-state index is 0.324. The van der Waals surface area contributed by atoms with Crippen molar-refractivity contribution < 1.29 is 13.9 Å². The molecule has 2 heterocycles. The van der Waals surface area contributed by atoms with Gasteiger partial charge in [-0.15, -0.1) is 5.10 Å². The van der Waals surface area contributed by atoms with Gasteiger partial charge in [0.15, 0.2) is 0 Å². The summed E-state index contributed by atoms with van der Waals surface area (Å²) in [5, 5.41) is 8.16. The van der Waals surface area contributed by atoms with Gasteiger partial charge in [-0.25, -0.2) is 0 Å². The molecule has 6 nitrogen and oxygen atoms in total. The Morgan fingerprint density at radius 3 is 2.74 bits per heavy atom. The molecule has 0 bridgehead atoms. The van der Waals surface area contributed by atoms with Gasteiger partial charge in [-0.3, -0.25) is 0 Å². The van der Waals surface area contributed by atoms with Crippen LogP contribution >= 0.6 is 0 Å². The van der Waals surface area contributed by atoms with Crippen LogP contribution in [0.4, 0.5) is 6.01 Å². The Bertz CT molecular complexity index is 362. The minimum Gasteiger partial charge on any atom is -0.408 e. The van der Waals surface area contributed by atoms with Crippen LogP contribution in [-0.4, -0.2) is 49.7 Å². The molecule has 108 valence electrons. The maximum atomic E-state index is 5.73. The monoisotopic (exact) mass is 269 g/mol. The van der Waals surface area contributed by atoms with E-state index in [9.17, 15) is 0 Å². The van der Waals surface area contributed by atoms with Crippen molar-refractivity contribution in [2.45, 2.75) is 38.7 Å². The van der Waals surface area contributed by atoms with Gasteiger partial charge in [-0.05, 0) is 19.3 Å². The van der Waals surface area contributed by atoms with Crippen LogP contribution in [0.2, 0.25) is 0 Å². The van der Waals surface area contributed by atoms with Crippen LogP contribution in [0.15, 0.2) is 4.42 Å². The van der Waals surface area contributed by atoms with Crippen molar-refractivity contribution in [3.63, 3.8) is 0 Å². The van der Waals surface area contributed by atoms with Crippen LogP contribution in [0, 0.1) is 0 Å². The third kappa shape index (κ3) is 4.18. The van der Waals surface area contributed by atoms with Crippen molar-refractivity contribution in [3.8, 4) is 0 Å². The van der Waals surface area contributed by atoms with Gasteiger partial charge in [0.2, 0.25) is 5.89 Å². The number of hydrogen-bond acceptors (Lipinski definition) is 6. The van der Waals surface area contributed by atoms with Gasteiger partial charge in [0.1, 0.15) is 0 Å². The molecule has 1 saturated heterocycles. The van der Waals surface area contributed by atoms with Crippen LogP contribution in [0.3, 0.4) is 0 Å². The summed E-state index contributed by atoms with van der Waals surface area (Å²) < 4.78 is 16.4. The van der Waals surface area contributed by atoms with Gasteiger partial charge in [0.25, 0.3) is 0 Å². The lowest BCUT2D eigenvalue weighted by Gasteiger charge is -2.30. The Balaban J connectivity index is 1.75. The third-order valence-electron chi connectivity index (χ3n) is 3.27. The smallest absolute Gasteiger partial charge is 0.318 e. The lowest BCUT2D eigenvalue weighted by Crippen LogP contribution is -2.37. The van der Waals surface area contributed by atoms with Gasteiger partial charge in [0.05, 0.1) is 19.3 Å². The molecule has 0 atom stereocenters. The number of hydrogen-bond donors (Lipinski definition) is 0. The maximum absolute atomic E-state index is 5.73. The molecule has 0 saturated carbocycles. The third-order valence-corrected chi connectivity index (χ3v) is 3.27. The second-order valence-electron chi connectivity index (χ2n) is 4.78. The molecule has 0 aliphatic carbocycles. The molecular weight excluding hydrogens is 246 g/mol. The SMILES string of the molecule is CCCc1nnc(N2CCC(OCCOC)CC2)o1. The number of nitrogens with zero attached hydrogens (tertiary/aromatic N) is 3. The van der Waals surface area contributed by atoms with Crippen LogP contribution < -0.4 is 4.90 Å². The van der Waals surface area contributed by atoms with Gasteiger partial charge in [-0.2, -0.15) is 0 Å². The van der Waals surface area contributed by atoms with E-state index < -0.39 is 0 Å². The lowest BCUT2D eigenvalue weighted by molar-refractivity contribution is 0.00572. The van der Waals surface area contributed by atoms with Crippen LogP contribution in [0.5, 0.6) is 0 Å². The first-order valence-corrected chi connectivity index (χ1v) is 7.01. The normalized spacial score (nSPS) is 17.1. The highest BCUT2D eigenvalue weighted by Crippen LogP contribution is 2.20. The summed E-state index contributed by atoms with van der Waals surface area (Å²) in [6, 6.07) is 0.652. The molecule has 0 aromatic carbocycles. The Kier molecular flexibility index (Phi) is 5.60. The molecule has 1 aromatic heterocycles. The fraction of sp³-hybridized carbons (Fsp3) is 0.846. The van der Waals surface area contributed by atoms with Crippen molar-refractivity contribution in [2.24, 2.45) is 0 Å². The molecule has 1 aliphatic rings. The highest BCUT2D eigenvalue weighted by atomic mass is 16.5. The van der Waals surface area contributed by atoms with Gasteiger partial charge < -0.3 is 18.8 Å². The highest BCUT2D eigenvalue weighted by molar-refractivity contribution is 5.24. The van der Waals surface area contributed by atoms with E-state index in [1.54, 1.807) is 7.11 Å². The van der Waals surface area contributed by atoms with E-state index in [1.807, 2.05) is 0 Å². The fourth-order valence-corrected chi connectivity index (χ4v) is 2.20. The minimum absolute atomic E-state index is 0.324. The molecule has 0 N–H and O–H groups in total. The molecule has 6 heteroatoms. The van der Waals surface area contributed by atoms with Gasteiger partial charge in [-0.1, -0.05) is 12.0 Å². The zero-order valence-electron chi connectivity index (χ0n) is 11.8. The summed E-state index contributed by atoms with van der Waals surface area (Å²) in [4.78, 5) is 2.14. The Hall–Kier alpha value is -1.14. The predicted octanol–water partition coefficient (Wildman–Crippen LogP) is 1.65. The molecule has 2 rings (SSSR count). The maximum Gasteiger partial charge on any atom is 0.318 e. The summed E-state index contributed by atoms with van der Waals surface area (Å²) in [7, 11) is 1.69. The van der Waals surface area contributed by atoms with E-state index in [0.717, 1.165) is 44.7 Å². The van der Waals surface area contributed by atoms with E-state index in [0.29, 0.717) is 25.3 Å².